The van der Waals surface area contributed by atoms with Gasteiger partial charge < -0.3 is 35.5 Å². The smallest absolute Gasteiger partial charge is 0.405 e. The van der Waals surface area contributed by atoms with Crippen LogP contribution in [0.25, 0.3) is 0 Å². The first-order valence-corrected chi connectivity index (χ1v) is 12.6. The molecule has 2 amide bonds. The quantitative estimate of drug-likeness (QED) is 0.247. The van der Waals surface area contributed by atoms with Crippen LogP contribution in [0.3, 0.4) is 0 Å². The van der Waals surface area contributed by atoms with Gasteiger partial charge >= 0.3 is 6.09 Å². The molecule has 0 aliphatic carbocycles. The number of aromatic hydroxyl groups is 1. The van der Waals surface area contributed by atoms with Gasteiger partial charge in [-0.25, -0.2) is 4.79 Å². The fourth-order valence-electron chi connectivity index (χ4n) is 4.61. The Kier molecular flexibility index (Phi) is 11.8. The Morgan fingerprint density at radius 2 is 1.87 bits per heavy atom. The number of primary amides is 1. The molecule has 11 heteroatoms. The highest BCUT2D eigenvalue weighted by Crippen LogP contribution is 2.36. The highest BCUT2D eigenvalue weighted by Gasteiger charge is 2.29. The van der Waals surface area contributed by atoms with Gasteiger partial charge in [-0.15, -0.1) is 4.91 Å². The Bertz CT molecular complexity index is 1130. The van der Waals surface area contributed by atoms with Gasteiger partial charge in [0.15, 0.2) is 6.10 Å². The molecule has 0 spiro atoms. The number of fused-ring (bicyclic) bond motifs is 2. The number of phenolic OH excluding ortho intramolecular Hbond substituents is 1. The Morgan fingerprint density at radius 3 is 2.46 bits per heavy atom. The molecule has 214 valence electrons. The van der Waals surface area contributed by atoms with Gasteiger partial charge in [0.05, 0.1) is 17.9 Å². The summed E-state index contributed by atoms with van der Waals surface area (Å²) in [5, 5.41) is 27.6. The van der Waals surface area contributed by atoms with Crippen LogP contribution in [0.2, 0.25) is 0 Å². The monoisotopic (exact) mass is 545 g/mol. The fraction of sp³-hybridized carbons (Fsp3) is 0.500. The van der Waals surface area contributed by atoms with Gasteiger partial charge in [0.2, 0.25) is 0 Å². The molecule has 2 rings (SSSR count). The number of rotatable bonds is 4. The van der Waals surface area contributed by atoms with Crippen LogP contribution >= 0.6 is 0 Å². The average Bonchev–Trinajstić information content (AvgIpc) is 2.89. The van der Waals surface area contributed by atoms with E-state index in [9.17, 15) is 24.7 Å². The Morgan fingerprint density at radius 1 is 1.18 bits per heavy atom. The van der Waals surface area contributed by atoms with E-state index in [4.69, 9.17) is 19.9 Å². The molecule has 0 radical (unpaired) electrons. The normalized spacial score (nSPS) is 30.7. The lowest BCUT2D eigenvalue weighted by Gasteiger charge is -2.29. The topological polar surface area (TPSA) is 170 Å². The van der Waals surface area contributed by atoms with Gasteiger partial charge in [0.1, 0.15) is 17.5 Å². The summed E-state index contributed by atoms with van der Waals surface area (Å²) in [5.74, 6) is -1.19. The third-order valence-electron chi connectivity index (χ3n) is 6.75. The van der Waals surface area contributed by atoms with Crippen LogP contribution in [0, 0.1) is 16.7 Å². The van der Waals surface area contributed by atoms with E-state index in [1.165, 1.54) is 32.4 Å². The number of anilines is 1. The number of benzene rings is 1. The Hall–Kier alpha value is -3.54. The standard InChI is InChI=1S/C28H39N3O8/c1-15-10-19-13-20(31-36)14-21(25(19)33)30-27(34)16(2)8-7-9-22(37-5)26(39-28(29)35)18(4)12-17(3)24(32)23(11-15)38-6/h7-9,12-15,17,22-24,26,32-33H,10-11H2,1-6H3,(H2,29,35)(H,30,34)/b9-7-,16-8+,18-12+/t15-,17+,22+,23+,24-,26+/m1/s1. The van der Waals surface area contributed by atoms with Crippen LogP contribution < -0.4 is 11.1 Å². The molecule has 1 aliphatic rings. The molecule has 6 atom stereocenters. The van der Waals surface area contributed by atoms with E-state index in [2.05, 4.69) is 10.5 Å². The molecule has 11 nitrogen and oxygen atoms in total. The van der Waals surface area contributed by atoms with Crippen molar-refractivity contribution in [3.8, 4) is 5.75 Å². The maximum atomic E-state index is 12.8. The fourth-order valence-corrected chi connectivity index (χ4v) is 4.61. The van der Waals surface area contributed by atoms with Crippen molar-refractivity contribution in [1.82, 2.24) is 0 Å². The number of amides is 2. The molecule has 0 unspecified atom stereocenters. The zero-order valence-corrected chi connectivity index (χ0v) is 23.2. The summed E-state index contributed by atoms with van der Waals surface area (Å²) >= 11 is 0. The van der Waals surface area contributed by atoms with E-state index in [1.54, 1.807) is 32.1 Å². The number of hydrogen-bond acceptors (Lipinski definition) is 9. The second kappa shape index (κ2) is 14.6. The number of carbonyl (C=O) groups excluding carboxylic acids is 2. The van der Waals surface area contributed by atoms with Gasteiger partial charge in [-0.05, 0) is 61.1 Å². The van der Waals surface area contributed by atoms with Crippen molar-refractivity contribution in [3.05, 3.63) is 58.1 Å². The van der Waals surface area contributed by atoms with Crippen molar-refractivity contribution >= 4 is 23.4 Å². The molecular formula is C28H39N3O8. The summed E-state index contributed by atoms with van der Waals surface area (Å²) in [6.07, 6.45) is 3.07. The van der Waals surface area contributed by atoms with E-state index in [-0.39, 0.29) is 28.6 Å². The molecule has 0 saturated carbocycles. The van der Waals surface area contributed by atoms with Gasteiger partial charge in [-0.1, -0.05) is 38.2 Å². The van der Waals surface area contributed by atoms with E-state index in [0.29, 0.717) is 24.0 Å². The van der Waals surface area contributed by atoms with E-state index in [1.807, 2.05) is 13.8 Å². The van der Waals surface area contributed by atoms with Crippen molar-refractivity contribution < 1.29 is 34.0 Å². The number of hydrogen-bond donors (Lipinski definition) is 4. The van der Waals surface area contributed by atoms with Crippen molar-refractivity contribution in [2.45, 2.75) is 65.0 Å². The number of carbonyl (C=O) groups is 2. The van der Waals surface area contributed by atoms with Crippen molar-refractivity contribution in [2.75, 3.05) is 19.5 Å². The number of aliphatic hydroxyl groups excluding tert-OH is 1. The summed E-state index contributed by atoms with van der Waals surface area (Å²) in [4.78, 5) is 35.8. The summed E-state index contributed by atoms with van der Waals surface area (Å²) < 4.78 is 16.5. The van der Waals surface area contributed by atoms with Crippen molar-refractivity contribution in [1.29, 1.82) is 0 Å². The number of ether oxygens (including phenoxy) is 3. The predicted octanol–water partition coefficient (Wildman–Crippen LogP) is 4.25. The lowest BCUT2D eigenvalue weighted by Crippen LogP contribution is -2.37. The molecule has 0 aromatic heterocycles. The molecule has 1 aliphatic heterocycles. The Balaban J connectivity index is 2.61. The number of aliphatic hydroxyl groups is 1. The number of nitroso groups, excluding NO2 is 1. The molecule has 5 N–H and O–H groups in total. The number of methoxy groups -OCH3 is 2. The van der Waals surface area contributed by atoms with Crippen molar-refractivity contribution in [2.24, 2.45) is 22.7 Å². The second-order valence-corrected chi connectivity index (χ2v) is 9.92. The molecule has 1 aromatic rings. The third kappa shape index (κ3) is 8.74. The number of nitrogens with one attached hydrogen (secondary N) is 1. The van der Waals surface area contributed by atoms with E-state index < -0.39 is 42.3 Å². The second-order valence-electron chi connectivity index (χ2n) is 9.92. The molecule has 1 heterocycles. The predicted molar refractivity (Wildman–Crippen MR) is 148 cm³/mol. The Labute approximate surface area is 228 Å². The highest BCUT2D eigenvalue weighted by atomic mass is 16.6. The lowest BCUT2D eigenvalue weighted by molar-refractivity contribution is -0.112. The third-order valence-corrected chi connectivity index (χ3v) is 6.75. The zero-order valence-electron chi connectivity index (χ0n) is 23.2. The molecule has 1 aromatic carbocycles. The molecule has 0 fully saturated rings. The summed E-state index contributed by atoms with van der Waals surface area (Å²) in [5.41, 5.74) is 6.75. The zero-order chi connectivity index (χ0) is 29.3. The number of nitrogens with two attached hydrogens (primary N) is 1. The molecule has 39 heavy (non-hydrogen) atoms. The molecular weight excluding hydrogens is 506 g/mol. The van der Waals surface area contributed by atoms with E-state index >= 15 is 0 Å². The van der Waals surface area contributed by atoms with Crippen LogP contribution in [0.1, 0.15) is 39.7 Å². The van der Waals surface area contributed by atoms with Crippen LogP contribution in [0.4, 0.5) is 16.2 Å². The first-order valence-electron chi connectivity index (χ1n) is 12.6. The maximum Gasteiger partial charge on any atom is 0.405 e. The van der Waals surface area contributed by atoms with Gasteiger partial charge in [-0.2, -0.15) is 0 Å². The number of allylic oxidation sites excluding steroid dienone is 2. The SMILES string of the molecule is CO[C@H]1/C=C\C=C(/C)C(=O)Nc2cc(N=O)cc(c2O)C[C@@H](C)C[C@H](OC)[C@H](O)[C@@H](C)/C=C(\C)[C@@H]1OC(N)=O. The highest BCUT2D eigenvalue weighted by molar-refractivity contribution is 6.04. The minimum absolute atomic E-state index is 0.0513. The number of phenols is 1. The van der Waals surface area contributed by atoms with Gasteiger partial charge in [-0.3, -0.25) is 4.79 Å². The van der Waals surface area contributed by atoms with Crippen LogP contribution in [0.15, 0.2) is 52.8 Å². The number of nitrogens with zero attached hydrogens (tertiary/aromatic N) is 1. The first-order chi connectivity index (χ1) is 18.4. The first kappa shape index (κ1) is 31.7. The minimum Gasteiger partial charge on any atom is -0.505 e. The van der Waals surface area contributed by atoms with Crippen LogP contribution in [-0.4, -0.2) is 60.8 Å². The van der Waals surface area contributed by atoms with Crippen molar-refractivity contribution in [3.63, 3.8) is 0 Å². The van der Waals surface area contributed by atoms with Crippen LogP contribution in [0.5, 0.6) is 5.75 Å². The average molecular weight is 546 g/mol. The van der Waals surface area contributed by atoms with Crippen LogP contribution in [-0.2, 0) is 25.4 Å². The summed E-state index contributed by atoms with van der Waals surface area (Å²) in [6.45, 7) is 7.05. The minimum atomic E-state index is -0.991. The largest absolute Gasteiger partial charge is 0.505 e. The van der Waals surface area contributed by atoms with Gasteiger partial charge in [0, 0.05) is 25.7 Å². The maximum absolute atomic E-state index is 12.8. The molecule has 0 saturated heterocycles. The van der Waals surface area contributed by atoms with E-state index in [0.717, 1.165) is 0 Å². The molecule has 2 bridgehead atoms. The summed E-state index contributed by atoms with van der Waals surface area (Å²) in [6, 6.07) is 2.77. The van der Waals surface area contributed by atoms with Gasteiger partial charge in [0.25, 0.3) is 5.91 Å². The lowest BCUT2D eigenvalue weighted by atomic mass is 9.88. The summed E-state index contributed by atoms with van der Waals surface area (Å²) in [7, 11) is 2.94.